The lowest BCUT2D eigenvalue weighted by molar-refractivity contribution is -0.138. The zero-order valence-corrected chi connectivity index (χ0v) is 14.2. The number of ether oxygens (including phenoxy) is 1. The molecule has 2 aliphatic carbocycles. The Kier molecular flexibility index (Phi) is 4.92. The van der Waals surface area contributed by atoms with Gasteiger partial charge in [-0.3, -0.25) is 4.90 Å². The number of nitrogens with zero attached hydrogens (tertiary/aromatic N) is 1. The van der Waals surface area contributed by atoms with Gasteiger partial charge in [-0.2, -0.15) is 0 Å². The summed E-state index contributed by atoms with van der Waals surface area (Å²) in [7, 11) is 1.87. The molecule has 3 atom stereocenters. The molecule has 1 N–H and O–H groups in total. The smallest absolute Gasteiger partial charge is 0.0652 e. The highest BCUT2D eigenvalue weighted by Gasteiger charge is 2.51. The fourth-order valence-electron chi connectivity index (χ4n) is 5.00. The van der Waals surface area contributed by atoms with Gasteiger partial charge in [0.15, 0.2) is 0 Å². The van der Waals surface area contributed by atoms with Gasteiger partial charge in [0.25, 0.3) is 0 Å². The molecule has 21 heavy (non-hydrogen) atoms. The molecule has 122 valence electrons. The van der Waals surface area contributed by atoms with Crippen molar-refractivity contribution in [3.05, 3.63) is 0 Å². The highest BCUT2D eigenvalue weighted by molar-refractivity contribution is 5.04. The average Bonchev–Trinajstić information content (AvgIpc) is 2.73. The van der Waals surface area contributed by atoms with Crippen LogP contribution >= 0.6 is 0 Å². The van der Waals surface area contributed by atoms with E-state index in [4.69, 9.17) is 4.74 Å². The van der Waals surface area contributed by atoms with Crippen molar-refractivity contribution < 1.29 is 4.74 Å². The third kappa shape index (κ3) is 3.16. The van der Waals surface area contributed by atoms with Crippen molar-refractivity contribution in [1.82, 2.24) is 10.2 Å². The van der Waals surface area contributed by atoms with Crippen LogP contribution in [0.15, 0.2) is 0 Å². The van der Waals surface area contributed by atoms with E-state index in [-0.39, 0.29) is 0 Å². The fourth-order valence-corrected chi connectivity index (χ4v) is 5.00. The number of methoxy groups -OCH3 is 1. The van der Waals surface area contributed by atoms with Crippen LogP contribution in [-0.4, -0.2) is 49.8 Å². The molecule has 3 heteroatoms. The SMILES string of the molecule is COC1CC(N2CCCNC(C3CCCCC3)C2)C1(C)C. The molecule has 0 amide bonds. The third-order valence-corrected chi connectivity index (χ3v) is 6.53. The van der Waals surface area contributed by atoms with Gasteiger partial charge in [-0.1, -0.05) is 33.1 Å². The van der Waals surface area contributed by atoms with Gasteiger partial charge in [-0.25, -0.2) is 0 Å². The van der Waals surface area contributed by atoms with Crippen LogP contribution in [0.1, 0.15) is 58.8 Å². The molecule has 0 bridgehead atoms. The lowest BCUT2D eigenvalue weighted by atomic mass is 9.63. The van der Waals surface area contributed by atoms with E-state index < -0.39 is 0 Å². The Hall–Kier alpha value is -0.120. The van der Waals surface area contributed by atoms with E-state index in [2.05, 4.69) is 24.1 Å². The molecule has 3 fully saturated rings. The largest absolute Gasteiger partial charge is 0.381 e. The molecule has 0 radical (unpaired) electrons. The van der Waals surface area contributed by atoms with E-state index in [9.17, 15) is 0 Å². The highest BCUT2D eigenvalue weighted by atomic mass is 16.5. The molecule has 3 rings (SSSR count). The Morgan fingerprint density at radius 3 is 2.52 bits per heavy atom. The van der Waals surface area contributed by atoms with E-state index in [1.807, 2.05) is 7.11 Å². The van der Waals surface area contributed by atoms with Gasteiger partial charge in [-0.15, -0.1) is 0 Å². The minimum Gasteiger partial charge on any atom is -0.381 e. The maximum Gasteiger partial charge on any atom is 0.0652 e. The molecule has 1 heterocycles. The summed E-state index contributed by atoms with van der Waals surface area (Å²) in [6.45, 7) is 8.51. The Morgan fingerprint density at radius 1 is 1.10 bits per heavy atom. The molecule has 3 aliphatic rings. The van der Waals surface area contributed by atoms with Crippen LogP contribution in [0, 0.1) is 11.3 Å². The zero-order chi connectivity index (χ0) is 14.9. The average molecular weight is 294 g/mol. The van der Waals surface area contributed by atoms with Crippen LogP contribution in [0.4, 0.5) is 0 Å². The Labute approximate surface area is 130 Å². The van der Waals surface area contributed by atoms with Crippen molar-refractivity contribution >= 4 is 0 Å². The lowest BCUT2D eigenvalue weighted by Gasteiger charge is -2.56. The second kappa shape index (κ2) is 6.55. The molecule has 0 aromatic heterocycles. The van der Waals surface area contributed by atoms with Gasteiger partial charge in [0.2, 0.25) is 0 Å². The summed E-state index contributed by atoms with van der Waals surface area (Å²) in [5, 5.41) is 3.86. The third-order valence-electron chi connectivity index (χ3n) is 6.53. The first kappa shape index (κ1) is 15.8. The first-order valence-corrected chi connectivity index (χ1v) is 9.13. The number of hydrogen-bond acceptors (Lipinski definition) is 3. The van der Waals surface area contributed by atoms with E-state index in [0.29, 0.717) is 17.6 Å². The van der Waals surface area contributed by atoms with Crippen LogP contribution < -0.4 is 5.32 Å². The Morgan fingerprint density at radius 2 is 1.86 bits per heavy atom. The van der Waals surface area contributed by atoms with Gasteiger partial charge >= 0.3 is 0 Å². The summed E-state index contributed by atoms with van der Waals surface area (Å²) in [6.07, 6.45) is 10.2. The van der Waals surface area contributed by atoms with Crippen molar-refractivity contribution in [2.24, 2.45) is 11.3 Å². The molecule has 1 saturated heterocycles. The maximum absolute atomic E-state index is 5.65. The van der Waals surface area contributed by atoms with E-state index in [1.165, 1.54) is 64.6 Å². The van der Waals surface area contributed by atoms with Crippen LogP contribution in [0.3, 0.4) is 0 Å². The van der Waals surface area contributed by atoms with Crippen molar-refractivity contribution in [2.75, 3.05) is 26.7 Å². The standard InChI is InChI=1S/C18H34N2O/c1-18(2)16(12-17(18)21-3)20-11-7-10-19-15(13-20)14-8-5-4-6-9-14/h14-17,19H,4-13H2,1-3H3. The molecular weight excluding hydrogens is 260 g/mol. The quantitative estimate of drug-likeness (QED) is 0.866. The number of nitrogens with one attached hydrogen (secondary N) is 1. The molecule has 0 aromatic rings. The Balaban J connectivity index is 1.62. The van der Waals surface area contributed by atoms with E-state index in [1.54, 1.807) is 0 Å². The van der Waals surface area contributed by atoms with E-state index >= 15 is 0 Å². The number of rotatable bonds is 3. The summed E-state index contributed by atoms with van der Waals surface area (Å²) in [6, 6.07) is 1.44. The topological polar surface area (TPSA) is 24.5 Å². The van der Waals surface area contributed by atoms with Gasteiger partial charge in [0.1, 0.15) is 0 Å². The molecule has 0 aromatic carbocycles. The van der Waals surface area contributed by atoms with Crippen molar-refractivity contribution in [1.29, 1.82) is 0 Å². The van der Waals surface area contributed by atoms with Crippen LogP contribution in [0.25, 0.3) is 0 Å². The van der Waals surface area contributed by atoms with E-state index in [0.717, 1.165) is 12.0 Å². The van der Waals surface area contributed by atoms with Gasteiger partial charge in [-0.05, 0) is 44.7 Å². The lowest BCUT2D eigenvalue weighted by Crippen LogP contribution is -2.63. The maximum atomic E-state index is 5.65. The summed E-state index contributed by atoms with van der Waals surface area (Å²) < 4.78 is 5.65. The van der Waals surface area contributed by atoms with Crippen molar-refractivity contribution in [3.63, 3.8) is 0 Å². The minimum absolute atomic E-state index is 0.316. The molecule has 0 spiro atoms. The molecule has 2 saturated carbocycles. The van der Waals surface area contributed by atoms with Gasteiger partial charge in [0.05, 0.1) is 6.10 Å². The van der Waals surface area contributed by atoms with Crippen molar-refractivity contribution in [3.8, 4) is 0 Å². The number of hydrogen-bond donors (Lipinski definition) is 1. The predicted octanol–water partition coefficient (Wildman–Crippen LogP) is 3.04. The summed E-state index contributed by atoms with van der Waals surface area (Å²) in [5.74, 6) is 0.917. The molecule has 3 unspecified atom stereocenters. The van der Waals surface area contributed by atoms with Crippen LogP contribution in [0.5, 0.6) is 0 Å². The highest BCUT2D eigenvalue weighted by Crippen LogP contribution is 2.46. The zero-order valence-electron chi connectivity index (χ0n) is 14.2. The Bertz CT molecular complexity index is 338. The molecular formula is C18H34N2O. The minimum atomic E-state index is 0.316. The van der Waals surface area contributed by atoms with Crippen LogP contribution in [0.2, 0.25) is 0 Å². The second-order valence-electron chi connectivity index (χ2n) is 8.10. The summed E-state index contributed by atoms with van der Waals surface area (Å²) in [4.78, 5) is 2.79. The van der Waals surface area contributed by atoms with Gasteiger partial charge in [0, 0.05) is 31.2 Å². The van der Waals surface area contributed by atoms with Crippen molar-refractivity contribution in [2.45, 2.75) is 77.0 Å². The van der Waals surface area contributed by atoms with Gasteiger partial charge < -0.3 is 10.1 Å². The first-order valence-electron chi connectivity index (χ1n) is 9.13. The van der Waals surface area contributed by atoms with Crippen LogP contribution in [-0.2, 0) is 4.74 Å². The first-order chi connectivity index (χ1) is 10.1. The monoisotopic (exact) mass is 294 g/mol. The normalized spacial score (nSPS) is 38.7. The predicted molar refractivity (Wildman–Crippen MR) is 87.5 cm³/mol. The molecule has 3 nitrogen and oxygen atoms in total. The molecule has 1 aliphatic heterocycles. The summed E-state index contributed by atoms with van der Waals surface area (Å²) in [5.41, 5.74) is 0.316. The summed E-state index contributed by atoms with van der Waals surface area (Å²) >= 11 is 0. The fraction of sp³-hybridized carbons (Fsp3) is 1.00. The second-order valence-corrected chi connectivity index (χ2v) is 8.10.